The molecule has 0 bridgehead atoms. The van der Waals surface area contributed by atoms with Gasteiger partial charge in [0.1, 0.15) is 11.7 Å². The maximum absolute atomic E-state index is 9.02. The first-order chi connectivity index (χ1) is 8.86. The molecule has 2 heterocycles. The number of benzene rings is 1. The third kappa shape index (κ3) is 1.96. The molecule has 3 nitrogen and oxygen atoms in total. The van der Waals surface area contributed by atoms with Crippen molar-refractivity contribution in [3.63, 3.8) is 0 Å². The summed E-state index contributed by atoms with van der Waals surface area (Å²) in [5.41, 5.74) is 1.46. The molecule has 0 amide bonds. The minimum Gasteiger partial charge on any atom is -0.464 e. The monoisotopic (exact) mass is 252 g/mol. The number of furan rings is 1. The maximum atomic E-state index is 9.02. The van der Waals surface area contributed by atoms with Crippen LogP contribution in [0.4, 0.5) is 0 Å². The minimum absolute atomic E-state index is 0.592. The second-order valence-corrected chi connectivity index (χ2v) is 4.82. The molecule has 0 spiro atoms. The molecule has 0 radical (unpaired) electrons. The fourth-order valence-electron chi connectivity index (χ4n) is 1.69. The molecule has 0 atom stereocenters. The summed E-state index contributed by atoms with van der Waals surface area (Å²) in [5, 5.41) is 10.1. The fourth-order valence-corrected chi connectivity index (χ4v) is 2.60. The van der Waals surface area contributed by atoms with Crippen molar-refractivity contribution in [2.45, 2.75) is 9.79 Å². The third-order valence-corrected chi connectivity index (χ3v) is 3.62. The Morgan fingerprint density at radius 1 is 1.22 bits per heavy atom. The lowest BCUT2D eigenvalue weighted by molar-refractivity contribution is 0.615. The molecule has 86 valence electrons. The highest BCUT2D eigenvalue weighted by Crippen LogP contribution is 2.31. The first-order valence-electron chi connectivity index (χ1n) is 5.36. The Morgan fingerprint density at radius 2 is 2.17 bits per heavy atom. The Bertz CT molecular complexity index is 743. The molecule has 1 aromatic carbocycles. The molecule has 2 aromatic heterocycles. The van der Waals surface area contributed by atoms with Crippen LogP contribution in [0.25, 0.3) is 11.0 Å². The highest BCUT2D eigenvalue weighted by molar-refractivity contribution is 7.99. The summed E-state index contributed by atoms with van der Waals surface area (Å²) in [5.74, 6) is 0. The van der Waals surface area contributed by atoms with Gasteiger partial charge < -0.3 is 4.42 Å². The molecule has 3 rings (SSSR count). The van der Waals surface area contributed by atoms with Crippen molar-refractivity contribution in [1.29, 1.82) is 5.26 Å². The quantitative estimate of drug-likeness (QED) is 0.695. The van der Waals surface area contributed by atoms with E-state index in [1.165, 1.54) is 0 Å². The van der Waals surface area contributed by atoms with Crippen LogP contribution in [0.5, 0.6) is 0 Å². The number of rotatable bonds is 2. The number of pyridine rings is 1. The number of hydrogen-bond acceptors (Lipinski definition) is 4. The Morgan fingerprint density at radius 3 is 3.06 bits per heavy atom. The predicted octanol–water partition coefficient (Wildman–Crippen LogP) is 3.85. The van der Waals surface area contributed by atoms with E-state index in [2.05, 4.69) is 11.1 Å². The van der Waals surface area contributed by atoms with Gasteiger partial charge in [0.05, 0.1) is 11.8 Å². The van der Waals surface area contributed by atoms with Crippen LogP contribution in [-0.4, -0.2) is 4.98 Å². The van der Waals surface area contributed by atoms with E-state index in [0.29, 0.717) is 5.56 Å². The van der Waals surface area contributed by atoms with Crippen molar-refractivity contribution in [3.05, 3.63) is 54.6 Å². The number of aromatic nitrogens is 1. The molecule has 3 aromatic rings. The lowest BCUT2D eigenvalue weighted by atomic mass is 10.3. The summed E-state index contributed by atoms with van der Waals surface area (Å²) in [6.45, 7) is 0. The summed E-state index contributed by atoms with van der Waals surface area (Å²) in [6.07, 6.45) is 4.95. The molecule has 0 saturated heterocycles. The summed E-state index contributed by atoms with van der Waals surface area (Å²) in [6, 6.07) is 11.9. The zero-order valence-electron chi connectivity index (χ0n) is 9.33. The molecule has 0 aliphatic rings. The van der Waals surface area contributed by atoms with E-state index < -0.39 is 0 Å². The van der Waals surface area contributed by atoms with Crippen LogP contribution in [0.3, 0.4) is 0 Å². The highest BCUT2D eigenvalue weighted by Gasteiger charge is 2.05. The number of nitriles is 1. The van der Waals surface area contributed by atoms with Gasteiger partial charge in [-0.1, -0.05) is 11.8 Å². The van der Waals surface area contributed by atoms with Crippen LogP contribution in [0.2, 0.25) is 0 Å². The minimum atomic E-state index is 0.592. The third-order valence-electron chi connectivity index (χ3n) is 2.55. The SMILES string of the molecule is N#Cc1cnccc1Sc1ccc2occc2c1. The Labute approximate surface area is 108 Å². The first kappa shape index (κ1) is 10.9. The summed E-state index contributed by atoms with van der Waals surface area (Å²) >= 11 is 1.55. The predicted molar refractivity (Wildman–Crippen MR) is 69.3 cm³/mol. The van der Waals surface area contributed by atoms with Gasteiger partial charge >= 0.3 is 0 Å². The summed E-state index contributed by atoms with van der Waals surface area (Å²) < 4.78 is 5.30. The highest BCUT2D eigenvalue weighted by atomic mass is 32.2. The molecule has 0 saturated carbocycles. The zero-order chi connectivity index (χ0) is 12.4. The van der Waals surface area contributed by atoms with E-state index in [1.54, 1.807) is 30.4 Å². The fraction of sp³-hybridized carbons (Fsp3) is 0. The number of nitrogens with zero attached hydrogens (tertiary/aromatic N) is 2. The van der Waals surface area contributed by atoms with Gasteiger partial charge in [-0.2, -0.15) is 5.26 Å². The van der Waals surface area contributed by atoms with E-state index in [4.69, 9.17) is 9.68 Å². The second-order valence-electron chi connectivity index (χ2n) is 3.71. The van der Waals surface area contributed by atoms with Crippen molar-refractivity contribution in [2.24, 2.45) is 0 Å². The van der Waals surface area contributed by atoms with Gasteiger partial charge in [0, 0.05) is 27.6 Å². The average molecular weight is 252 g/mol. The normalized spacial score (nSPS) is 10.4. The summed E-state index contributed by atoms with van der Waals surface area (Å²) in [7, 11) is 0. The molecular formula is C14H8N2OS. The van der Waals surface area contributed by atoms with Crippen LogP contribution >= 0.6 is 11.8 Å². The van der Waals surface area contributed by atoms with Gasteiger partial charge in [-0.05, 0) is 30.3 Å². The largest absolute Gasteiger partial charge is 0.464 e. The Hall–Kier alpha value is -2.25. The van der Waals surface area contributed by atoms with E-state index in [1.807, 2.05) is 30.3 Å². The Balaban J connectivity index is 1.98. The Kier molecular flexibility index (Phi) is 2.75. The average Bonchev–Trinajstić information content (AvgIpc) is 2.87. The molecular weight excluding hydrogens is 244 g/mol. The van der Waals surface area contributed by atoms with Gasteiger partial charge in [-0.3, -0.25) is 4.98 Å². The topological polar surface area (TPSA) is 49.8 Å². The van der Waals surface area contributed by atoms with E-state index in [0.717, 1.165) is 20.8 Å². The summed E-state index contributed by atoms with van der Waals surface area (Å²) in [4.78, 5) is 5.94. The van der Waals surface area contributed by atoms with Crippen LogP contribution in [0.1, 0.15) is 5.56 Å². The molecule has 0 aliphatic carbocycles. The molecule has 0 fully saturated rings. The molecule has 0 N–H and O–H groups in total. The van der Waals surface area contributed by atoms with E-state index in [9.17, 15) is 0 Å². The number of fused-ring (bicyclic) bond motifs is 1. The van der Waals surface area contributed by atoms with Gasteiger partial charge in [0.25, 0.3) is 0 Å². The van der Waals surface area contributed by atoms with E-state index >= 15 is 0 Å². The van der Waals surface area contributed by atoms with Crippen LogP contribution < -0.4 is 0 Å². The van der Waals surface area contributed by atoms with Gasteiger partial charge in [-0.15, -0.1) is 0 Å². The zero-order valence-corrected chi connectivity index (χ0v) is 10.1. The maximum Gasteiger partial charge on any atom is 0.133 e. The van der Waals surface area contributed by atoms with Crippen molar-refractivity contribution >= 4 is 22.7 Å². The molecule has 0 aliphatic heterocycles. The van der Waals surface area contributed by atoms with Crippen LogP contribution in [-0.2, 0) is 0 Å². The van der Waals surface area contributed by atoms with Crippen molar-refractivity contribution < 1.29 is 4.42 Å². The van der Waals surface area contributed by atoms with Crippen molar-refractivity contribution in [2.75, 3.05) is 0 Å². The van der Waals surface area contributed by atoms with Crippen molar-refractivity contribution in [3.8, 4) is 6.07 Å². The lowest BCUT2D eigenvalue weighted by Crippen LogP contribution is -1.82. The molecule has 4 heteroatoms. The molecule has 0 unspecified atom stereocenters. The second kappa shape index (κ2) is 4.55. The van der Waals surface area contributed by atoms with Gasteiger partial charge in [0.15, 0.2) is 0 Å². The first-order valence-corrected chi connectivity index (χ1v) is 6.18. The van der Waals surface area contributed by atoms with Crippen molar-refractivity contribution in [1.82, 2.24) is 4.98 Å². The lowest BCUT2D eigenvalue weighted by Gasteiger charge is -2.03. The van der Waals surface area contributed by atoms with Gasteiger partial charge in [0.2, 0.25) is 0 Å². The smallest absolute Gasteiger partial charge is 0.133 e. The molecule has 18 heavy (non-hydrogen) atoms. The van der Waals surface area contributed by atoms with Gasteiger partial charge in [-0.25, -0.2) is 0 Å². The van der Waals surface area contributed by atoms with Crippen LogP contribution in [0, 0.1) is 11.3 Å². The van der Waals surface area contributed by atoms with E-state index in [-0.39, 0.29) is 0 Å². The number of hydrogen-bond donors (Lipinski definition) is 0. The van der Waals surface area contributed by atoms with Crippen LogP contribution in [0.15, 0.2) is 63.2 Å². The standard InChI is InChI=1S/C14H8N2OS/c15-8-11-9-16-5-3-14(11)18-12-1-2-13-10(7-12)4-6-17-13/h1-7,9H.